The Bertz CT molecular complexity index is 668. The van der Waals surface area contributed by atoms with Gasteiger partial charge in [-0.05, 0) is 30.2 Å². The fraction of sp³-hybridized carbons (Fsp3) is 0.176. The number of carbonyl (C=O) groups is 2. The summed E-state index contributed by atoms with van der Waals surface area (Å²) in [6, 6.07) is 16.8. The van der Waals surface area contributed by atoms with Gasteiger partial charge in [0, 0.05) is 17.8 Å². The van der Waals surface area contributed by atoms with Gasteiger partial charge < -0.3 is 10.6 Å². The summed E-state index contributed by atoms with van der Waals surface area (Å²) in [6.07, 6.45) is 0.599. The number of rotatable bonds is 4. The third-order valence-electron chi connectivity index (χ3n) is 3.67. The van der Waals surface area contributed by atoms with Crippen LogP contribution in [-0.4, -0.2) is 18.4 Å². The molecule has 4 nitrogen and oxygen atoms in total. The second kappa shape index (κ2) is 5.79. The van der Waals surface area contributed by atoms with E-state index in [2.05, 4.69) is 10.6 Å². The number of hydrogen-bond donors (Lipinski definition) is 2. The van der Waals surface area contributed by atoms with Gasteiger partial charge >= 0.3 is 0 Å². The standard InChI is InChI=1S/C17H16N2O2/c20-16(12-6-2-1-3-7-12)18-11-10-14-13-8-4-5-9-15(13)19-17(14)21/h1-9,14H,10-11H2,(H,18,20)(H,19,21). The van der Waals surface area contributed by atoms with E-state index >= 15 is 0 Å². The van der Waals surface area contributed by atoms with Gasteiger partial charge in [0.2, 0.25) is 5.91 Å². The lowest BCUT2D eigenvalue weighted by Crippen LogP contribution is -2.26. The molecule has 106 valence electrons. The molecule has 4 heteroatoms. The predicted octanol–water partition coefficient (Wildman–Crippen LogP) is 2.54. The number of fused-ring (bicyclic) bond motifs is 1. The maximum atomic E-state index is 12.0. The van der Waals surface area contributed by atoms with E-state index < -0.39 is 0 Å². The van der Waals surface area contributed by atoms with Crippen LogP contribution in [0.4, 0.5) is 5.69 Å². The van der Waals surface area contributed by atoms with Crippen molar-refractivity contribution in [2.24, 2.45) is 0 Å². The molecule has 2 amide bonds. The highest BCUT2D eigenvalue weighted by molar-refractivity contribution is 6.02. The Morgan fingerprint density at radius 2 is 1.76 bits per heavy atom. The Kier molecular flexibility index (Phi) is 3.69. The van der Waals surface area contributed by atoms with Crippen LogP contribution in [0, 0.1) is 0 Å². The second-order valence-electron chi connectivity index (χ2n) is 5.04. The van der Waals surface area contributed by atoms with Crippen LogP contribution < -0.4 is 10.6 Å². The van der Waals surface area contributed by atoms with Gasteiger partial charge in [-0.25, -0.2) is 0 Å². The second-order valence-corrected chi connectivity index (χ2v) is 5.04. The average Bonchev–Trinajstić information content (AvgIpc) is 2.84. The number of benzene rings is 2. The van der Waals surface area contributed by atoms with E-state index in [4.69, 9.17) is 0 Å². The number of hydrogen-bond acceptors (Lipinski definition) is 2. The van der Waals surface area contributed by atoms with Crippen molar-refractivity contribution in [2.45, 2.75) is 12.3 Å². The molecule has 2 N–H and O–H groups in total. The van der Waals surface area contributed by atoms with E-state index in [1.165, 1.54) is 0 Å². The molecule has 1 atom stereocenters. The summed E-state index contributed by atoms with van der Waals surface area (Å²) in [6.45, 7) is 0.472. The van der Waals surface area contributed by atoms with Crippen LogP contribution in [0.2, 0.25) is 0 Å². The van der Waals surface area contributed by atoms with E-state index in [1.54, 1.807) is 12.1 Å². The largest absolute Gasteiger partial charge is 0.352 e. The molecule has 0 spiro atoms. The molecule has 0 aliphatic carbocycles. The molecule has 0 aromatic heterocycles. The molecule has 3 rings (SSSR count). The van der Waals surface area contributed by atoms with Gasteiger partial charge in [-0.2, -0.15) is 0 Å². The van der Waals surface area contributed by atoms with Crippen molar-refractivity contribution < 1.29 is 9.59 Å². The summed E-state index contributed by atoms with van der Waals surface area (Å²) in [7, 11) is 0. The molecular formula is C17H16N2O2. The monoisotopic (exact) mass is 280 g/mol. The highest BCUT2D eigenvalue weighted by Crippen LogP contribution is 2.33. The van der Waals surface area contributed by atoms with Crippen molar-refractivity contribution in [2.75, 3.05) is 11.9 Å². The average molecular weight is 280 g/mol. The normalized spacial score (nSPS) is 16.2. The van der Waals surface area contributed by atoms with Gasteiger partial charge in [-0.1, -0.05) is 36.4 Å². The van der Waals surface area contributed by atoms with Crippen LogP contribution in [0.15, 0.2) is 54.6 Å². The molecule has 1 aliphatic rings. The summed E-state index contributed by atoms with van der Waals surface area (Å²) in [5.74, 6) is -0.287. The number of nitrogens with one attached hydrogen (secondary N) is 2. The van der Waals surface area contributed by atoms with Gasteiger partial charge in [0.05, 0.1) is 5.92 Å². The van der Waals surface area contributed by atoms with Crippen LogP contribution in [0.5, 0.6) is 0 Å². The molecule has 2 aromatic carbocycles. The van der Waals surface area contributed by atoms with Crippen LogP contribution >= 0.6 is 0 Å². The molecule has 0 saturated heterocycles. The minimum absolute atomic E-state index is 0.00478. The van der Waals surface area contributed by atoms with Crippen molar-refractivity contribution in [1.82, 2.24) is 5.32 Å². The lowest BCUT2D eigenvalue weighted by atomic mass is 9.97. The van der Waals surface area contributed by atoms with Crippen LogP contribution in [0.1, 0.15) is 28.3 Å². The van der Waals surface area contributed by atoms with E-state index in [0.29, 0.717) is 18.5 Å². The minimum Gasteiger partial charge on any atom is -0.352 e. The van der Waals surface area contributed by atoms with Crippen molar-refractivity contribution in [3.63, 3.8) is 0 Å². The first-order chi connectivity index (χ1) is 10.3. The molecule has 1 aliphatic heterocycles. The molecule has 0 fully saturated rings. The molecule has 1 heterocycles. The van der Waals surface area contributed by atoms with Crippen molar-refractivity contribution in [3.05, 3.63) is 65.7 Å². The van der Waals surface area contributed by atoms with E-state index in [0.717, 1.165) is 11.3 Å². The minimum atomic E-state index is -0.183. The highest BCUT2D eigenvalue weighted by Gasteiger charge is 2.29. The summed E-state index contributed by atoms with van der Waals surface area (Å²) in [5.41, 5.74) is 2.52. The predicted molar refractivity (Wildman–Crippen MR) is 81.2 cm³/mol. The van der Waals surface area contributed by atoms with Gasteiger partial charge in [0.15, 0.2) is 0 Å². The fourth-order valence-corrected chi connectivity index (χ4v) is 2.58. The van der Waals surface area contributed by atoms with E-state index in [-0.39, 0.29) is 17.7 Å². The summed E-state index contributed by atoms with van der Waals surface area (Å²) in [5, 5.41) is 5.72. The Balaban J connectivity index is 1.59. The Labute approximate surface area is 123 Å². The maximum absolute atomic E-state index is 12.0. The summed E-state index contributed by atoms with van der Waals surface area (Å²) >= 11 is 0. The molecule has 1 unspecified atom stereocenters. The molecule has 21 heavy (non-hydrogen) atoms. The zero-order valence-electron chi connectivity index (χ0n) is 11.5. The van der Waals surface area contributed by atoms with Crippen LogP contribution in [-0.2, 0) is 4.79 Å². The van der Waals surface area contributed by atoms with Crippen LogP contribution in [0.25, 0.3) is 0 Å². The van der Waals surface area contributed by atoms with Crippen molar-refractivity contribution in [1.29, 1.82) is 0 Å². The van der Waals surface area contributed by atoms with Crippen molar-refractivity contribution in [3.8, 4) is 0 Å². The molecular weight excluding hydrogens is 264 g/mol. The lowest BCUT2D eigenvalue weighted by Gasteiger charge is -2.10. The quantitative estimate of drug-likeness (QED) is 0.904. The topological polar surface area (TPSA) is 58.2 Å². The van der Waals surface area contributed by atoms with Gasteiger partial charge in [-0.3, -0.25) is 9.59 Å². The smallest absolute Gasteiger partial charge is 0.251 e. The van der Waals surface area contributed by atoms with E-state index in [9.17, 15) is 9.59 Å². The number of carbonyl (C=O) groups excluding carboxylic acids is 2. The van der Waals surface area contributed by atoms with Crippen molar-refractivity contribution >= 4 is 17.5 Å². The maximum Gasteiger partial charge on any atom is 0.251 e. The molecule has 2 aromatic rings. The van der Waals surface area contributed by atoms with Gasteiger partial charge in [0.1, 0.15) is 0 Å². The number of anilines is 1. The number of amides is 2. The highest BCUT2D eigenvalue weighted by atomic mass is 16.2. The molecule has 0 saturated carbocycles. The third-order valence-corrected chi connectivity index (χ3v) is 3.67. The summed E-state index contributed by atoms with van der Waals surface area (Å²) < 4.78 is 0. The first-order valence-electron chi connectivity index (χ1n) is 6.99. The zero-order chi connectivity index (χ0) is 14.7. The zero-order valence-corrected chi connectivity index (χ0v) is 11.5. The number of para-hydroxylation sites is 1. The Morgan fingerprint density at radius 1 is 1.05 bits per heavy atom. The lowest BCUT2D eigenvalue weighted by molar-refractivity contribution is -0.117. The SMILES string of the molecule is O=C(NCCC1C(=O)Nc2ccccc21)c1ccccc1. The molecule has 0 bridgehead atoms. The van der Waals surface area contributed by atoms with Gasteiger partial charge in [0.25, 0.3) is 5.91 Å². The fourth-order valence-electron chi connectivity index (χ4n) is 2.58. The molecule has 0 radical (unpaired) electrons. The first-order valence-corrected chi connectivity index (χ1v) is 6.99. The van der Waals surface area contributed by atoms with E-state index in [1.807, 2.05) is 42.5 Å². The third kappa shape index (κ3) is 2.79. The Morgan fingerprint density at radius 3 is 2.57 bits per heavy atom. The summed E-state index contributed by atoms with van der Waals surface area (Å²) in [4.78, 5) is 23.9. The van der Waals surface area contributed by atoms with Crippen LogP contribution in [0.3, 0.4) is 0 Å². The Hall–Kier alpha value is -2.62. The van der Waals surface area contributed by atoms with Gasteiger partial charge in [-0.15, -0.1) is 0 Å². The first kappa shape index (κ1) is 13.4.